The van der Waals surface area contributed by atoms with Gasteiger partial charge in [0.15, 0.2) is 0 Å². The number of aliphatic hydroxyl groups excluding tert-OH is 2. The van der Waals surface area contributed by atoms with Gasteiger partial charge in [-0.1, -0.05) is 6.92 Å². The average Bonchev–Trinajstić information content (AvgIpc) is 2.57. The summed E-state index contributed by atoms with van der Waals surface area (Å²) >= 11 is 0. The Morgan fingerprint density at radius 3 is 2.68 bits per heavy atom. The highest BCUT2D eigenvalue weighted by atomic mass is 16.5. The quantitative estimate of drug-likeness (QED) is 0.747. The third kappa shape index (κ3) is 4.65. The molecule has 0 saturated carbocycles. The first-order valence-corrected chi connectivity index (χ1v) is 8.59. The Hall–Kier alpha value is -1.77. The summed E-state index contributed by atoms with van der Waals surface area (Å²) < 4.78 is 5.32. The fourth-order valence-corrected chi connectivity index (χ4v) is 2.89. The molecule has 0 unspecified atom stereocenters. The molecule has 3 atom stereocenters. The van der Waals surface area contributed by atoms with Crippen molar-refractivity contribution >= 4 is 11.9 Å². The van der Waals surface area contributed by atoms with Gasteiger partial charge in [0.1, 0.15) is 6.10 Å². The summed E-state index contributed by atoms with van der Waals surface area (Å²) in [4.78, 5) is 25.0. The van der Waals surface area contributed by atoms with E-state index in [0.29, 0.717) is 36.9 Å². The smallest absolute Gasteiger partial charge is 0.257 e. The van der Waals surface area contributed by atoms with Crippen LogP contribution >= 0.6 is 0 Å². The molecule has 0 aromatic carbocycles. The molecule has 8 nitrogen and oxygen atoms in total. The second-order valence-electron chi connectivity index (χ2n) is 6.67. The third-order valence-corrected chi connectivity index (χ3v) is 4.33. The predicted molar refractivity (Wildman–Crippen MR) is 93.6 cm³/mol. The first-order valence-electron chi connectivity index (χ1n) is 8.59. The van der Waals surface area contributed by atoms with Crippen molar-refractivity contribution in [2.75, 3.05) is 45.3 Å². The van der Waals surface area contributed by atoms with Gasteiger partial charge >= 0.3 is 0 Å². The molecule has 8 heteroatoms. The lowest BCUT2D eigenvalue weighted by molar-refractivity contribution is -0.124. The molecule has 1 aliphatic heterocycles. The number of nitrogens with zero attached hydrogens (tertiary/aromatic N) is 4. The Kier molecular flexibility index (Phi) is 6.69. The van der Waals surface area contributed by atoms with E-state index < -0.39 is 12.2 Å². The predicted octanol–water partition coefficient (Wildman–Crippen LogP) is 0.0714. The maximum atomic E-state index is 12.9. The van der Waals surface area contributed by atoms with E-state index in [9.17, 15) is 15.0 Å². The van der Waals surface area contributed by atoms with Crippen molar-refractivity contribution in [2.24, 2.45) is 5.92 Å². The Balaban J connectivity index is 2.17. The van der Waals surface area contributed by atoms with Crippen molar-refractivity contribution in [3.8, 4) is 0 Å². The minimum absolute atomic E-state index is 0.123. The number of aromatic nitrogens is 2. The molecule has 0 spiro atoms. The molecule has 1 aromatic rings. The first kappa shape index (κ1) is 19.6. The zero-order valence-electron chi connectivity index (χ0n) is 15.3. The number of ether oxygens (including phenoxy) is 1. The molecular weight excluding hydrogens is 324 g/mol. The maximum Gasteiger partial charge on any atom is 0.257 e. The highest BCUT2D eigenvalue weighted by Crippen LogP contribution is 2.19. The van der Waals surface area contributed by atoms with Crippen molar-refractivity contribution < 1.29 is 19.7 Å². The Bertz CT molecular complexity index is 596. The summed E-state index contributed by atoms with van der Waals surface area (Å²) in [5.74, 6) is 0.0637. The van der Waals surface area contributed by atoms with Crippen LogP contribution in [0.15, 0.2) is 6.20 Å². The van der Waals surface area contributed by atoms with Crippen molar-refractivity contribution in [3.63, 3.8) is 0 Å². The minimum Gasteiger partial charge on any atom is -0.390 e. The third-order valence-electron chi connectivity index (χ3n) is 4.33. The second-order valence-corrected chi connectivity index (χ2v) is 6.67. The van der Waals surface area contributed by atoms with Crippen LogP contribution in [0.25, 0.3) is 0 Å². The molecule has 2 heterocycles. The first-order chi connectivity index (χ1) is 11.8. The molecule has 2 rings (SSSR count). The van der Waals surface area contributed by atoms with Gasteiger partial charge in [0.25, 0.3) is 5.91 Å². The van der Waals surface area contributed by atoms with Crippen molar-refractivity contribution in [3.05, 3.63) is 17.5 Å². The molecule has 0 radical (unpaired) electrons. The highest BCUT2D eigenvalue weighted by Gasteiger charge is 2.33. The minimum atomic E-state index is -0.915. The normalized spacial score (nSPS) is 23.4. The molecule has 0 aliphatic carbocycles. The van der Waals surface area contributed by atoms with Gasteiger partial charge in [0.2, 0.25) is 5.95 Å². The number of hydrogen-bond acceptors (Lipinski definition) is 7. The van der Waals surface area contributed by atoms with Crippen LogP contribution in [0.5, 0.6) is 0 Å². The lowest BCUT2D eigenvalue weighted by Gasteiger charge is -2.35. The summed E-state index contributed by atoms with van der Waals surface area (Å²) in [6.07, 6.45) is 0.523. The zero-order valence-corrected chi connectivity index (χ0v) is 15.3. The van der Waals surface area contributed by atoms with Crippen LogP contribution in [0, 0.1) is 12.8 Å². The molecule has 2 N–H and O–H groups in total. The number of amides is 1. The number of carbonyl (C=O) groups excluding carboxylic acids is 1. The molecule has 25 heavy (non-hydrogen) atoms. The lowest BCUT2D eigenvalue weighted by atomic mass is 9.95. The van der Waals surface area contributed by atoms with E-state index >= 15 is 0 Å². The van der Waals surface area contributed by atoms with E-state index in [0.717, 1.165) is 6.42 Å². The van der Waals surface area contributed by atoms with Gasteiger partial charge < -0.3 is 24.7 Å². The van der Waals surface area contributed by atoms with Crippen molar-refractivity contribution in [1.82, 2.24) is 14.9 Å². The summed E-state index contributed by atoms with van der Waals surface area (Å²) in [5, 5.41) is 19.9. The number of anilines is 1. The molecule has 1 amide bonds. The van der Waals surface area contributed by atoms with Crippen LogP contribution < -0.4 is 4.90 Å². The Labute approximate surface area is 148 Å². The Morgan fingerprint density at radius 1 is 1.36 bits per heavy atom. The molecule has 1 saturated heterocycles. The topological polar surface area (TPSA) is 99.0 Å². The van der Waals surface area contributed by atoms with Crippen LogP contribution in [0.4, 0.5) is 5.95 Å². The van der Waals surface area contributed by atoms with Gasteiger partial charge in [-0.2, -0.15) is 0 Å². The van der Waals surface area contributed by atoms with Crippen LogP contribution in [0.2, 0.25) is 0 Å². The molecule has 1 aromatic heterocycles. The average molecular weight is 352 g/mol. The Morgan fingerprint density at radius 2 is 2.08 bits per heavy atom. The second kappa shape index (κ2) is 8.55. The van der Waals surface area contributed by atoms with Crippen LogP contribution in [0.3, 0.4) is 0 Å². The molecule has 1 aliphatic rings. The fraction of sp³-hybridized carbons (Fsp3) is 0.706. The fourth-order valence-electron chi connectivity index (χ4n) is 2.89. The summed E-state index contributed by atoms with van der Waals surface area (Å²) in [7, 11) is 3.69. The van der Waals surface area contributed by atoms with E-state index in [4.69, 9.17) is 4.74 Å². The number of aliphatic hydroxyl groups is 2. The number of hydrogen-bond donors (Lipinski definition) is 2. The van der Waals surface area contributed by atoms with E-state index in [-0.39, 0.29) is 18.4 Å². The van der Waals surface area contributed by atoms with Crippen LogP contribution in [0.1, 0.15) is 29.4 Å². The molecule has 0 bridgehead atoms. The van der Waals surface area contributed by atoms with Crippen molar-refractivity contribution in [1.29, 1.82) is 0 Å². The van der Waals surface area contributed by atoms with E-state index in [1.54, 1.807) is 22.9 Å². The molecule has 1 fully saturated rings. The van der Waals surface area contributed by atoms with E-state index in [1.807, 2.05) is 21.0 Å². The van der Waals surface area contributed by atoms with Gasteiger partial charge in [-0.15, -0.1) is 0 Å². The van der Waals surface area contributed by atoms with Gasteiger partial charge in [-0.3, -0.25) is 4.79 Å². The van der Waals surface area contributed by atoms with Crippen LogP contribution in [-0.4, -0.2) is 83.6 Å². The molecular formula is C17H28N4O4. The van der Waals surface area contributed by atoms with E-state index in [1.165, 1.54) is 0 Å². The van der Waals surface area contributed by atoms with Gasteiger partial charge in [0.05, 0.1) is 30.6 Å². The van der Waals surface area contributed by atoms with Crippen LogP contribution in [-0.2, 0) is 4.74 Å². The summed E-state index contributed by atoms with van der Waals surface area (Å²) in [5.41, 5.74) is 1.07. The summed E-state index contributed by atoms with van der Waals surface area (Å²) in [6.45, 7) is 5.09. The standard InChI is InChI=1S/C17H28N4O4/c1-5-6-21(8-12-9-25-10-14(22)15(12)23)16(24)13-7-18-17(20(3)4)19-11(13)2/h7,12,14-15,22-23H,5-6,8-10H2,1-4H3/t12-,14-,15+/m1/s1. The van der Waals surface area contributed by atoms with Gasteiger partial charge in [-0.25, -0.2) is 9.97 Å². The SMILES string of the molecule is CCCN(C[C@@H]1COC[C@@H](O)[C@H]1O)C(=O)c1cnc(N(C)C)nc1C. The number of carbonyl (C=O) groups is 1. The van der Waals surface area contributed by atoms with E-state index in [2.05, 4.69) is 9.97 Å². The van der Waals surface area contributed by atoms with Gasteiger partial charge in [0, 0.05) is 39.3 Å². The highest BCUT2D eigenvalue weighted by molar-refractivity contribution is 5.95. The zero-order chi connectivity index (χ0) is 18.6. The monoisotopic (exact) mass is 352 g/mol. The summed E-state index contributed by atoms with van der Waals surface area (Å²) in [6, 6.07) is 0. The number of aryl methyl sites for hydroxylation is 1. The lowest BCUT2D eigenvalue weighted by Crippen LogP contribution is -2.49. The van der Waals surface area contributed by atoms with Gasteiger partial charge in [-0.05, 0) is 13.3 Å². The molecule has 140 valence electrons. The maximum absolute atomic E-state index is 12.9. The number of rotatable bonds is 6. The van der Waals surface area contributed by atoms with Crippen molar-refractivity contribution in [2.45, 2.75) is 32.5 Å². The largest absolute Gasteiger partial charge is 0.390 e.